The lowest BCUT2D eigenvalue weighted by Gasteiger charge is -2.13. The summed E-state index contributed by atoms with van der Waals surface area (Å²) in [6.45, 7) is 2.37. The minimum absolute atomic E-state index is 0.167. The summed E-state index contributed by atoms with van der Waals surface area (Å²) in [5.41, 5.74) is 2.27. The molecule has 0 spiro atoms. The van der Waals surface area contributed by atoms with Crippen molar-refractivity contribution in [2.45, 2.75) is 6.92 Å². The normalized spacial score (nSPS) is 14.5. The molecule has 0 saturated carbocycles. The van der Waals surface area contributed by atoms with Crippen LogP contribution in [0.5, 0.6) is 11.5 Å². The van der Waals surface area contributed by atoms with Crippen molar-refractivity contribution >= 4 is 50.9 Å². The van der Waals surface area contributed by atoms with Crippen molar-refractivity contribution in [2.75, 3.05) is 13.2 Å². The van der Waals surface area contributed by atoms with Crippen molar-refractivity contribution in [3.63, 3.8) is 0 Å². The van der Waals surface area contributed by atoms with E-state index in [1.165, 1.54) is 4.90 Å². The van der Waals surface area contributed by atoms with Crippen molar-refractivity contribution in [3.05, 3.63) is 98.9 Å². The van der Waals surface area contributed by atoms with Crippen molar-refractivity contribution in [1.82, 2.24) is 4.90 Å². The lowest BCUT2D eigenvalue weighted by atomic mass is 10.2. The van der Waals surface area contributed by atoms with E-state index in [1.807, 2.05) is 37.3 Å². The smallest absolute Gasteiger partial charge is 0.343 e. The second-order valence-electron chi connectivity index (χ2n) is 7.46. The van der Waals surface area contributed by atoms with E-state index in [0.717, 1.165) is 21.8 Å². The van der Waals surface area contributed by atoms with Crippen LogP contribution in [0.4, 0.5) is 4.79 Å². The monoisotopic (exact) mass is 537 g/mol. The number of aryl methyl sites for hydroxylation is 1. The van der Waals surface area contributed by atoms with Gasteiger partial charge in [0.25, 0.3) is 11.1 Å². The summed E-state index contributed by atoms with van der Waals surface area (Å²) in [5.74, 6) is 0.243. The number of hydrogen-bond donors (Lipinski definition) is 0. The SMILES string of the molecule is Cc1ccc(OCCN2C(=O)S/C(=C\c3ccc(OC(=O)c4cccc(Br)c4)cc3)C2=O)cc1. The summed E-state index contributed by atoms with van der Waals surface area (Å²) < 4.78 is 11.8. The molecule has 3 aromatic carbocycles. The largest absolute Gasteiger partial charge is 0.492 e. The summed E-state index contributed by atoms with van der Waals surface area (Å²) in [7, 11) is 0. The summed E-state index contributed by atoms with van der Waals surface area (Å²) in [6, 6.07) is 21.2. The van der Waals surface area contributed by atoms with Crippen LogP contribution in [0.2, 0.25) is 0 Å². The Morgan fingerprint density at radius 1 is 1.00 bits per heavy atom. The van der Waals surface area contributed by atoms with Crippen molar-refractivity contribution < 1.29 is 23.9 Å². The van der Waals surface area contributed by atoms with Gasteiger partial charge in [0.1, 0.15) is 18.1 Å². The molecule has 8 heteroatoms. The van der Waals surface area contributed by atoms with Crippen LogP contribution < -0.4 is 9.47 Å². The Labute approximate surface area is 209 Å². The summed E-state index contributed by atoms with van der Waals surface area (Å²) >= 11 is 4.22. The van der Waals surface area contributed by atoms with E-state index in [1.54, 1.807) is 48.5 Å². The lowest BCUT2D eigenvalue weighted by Crippen LogP contribution is -2.32. The predicted octanol–water partition coefficient (Wildman–Crippen LogP) is 6.09. The van der Waals surface area contributed by atoms with E-state index >= 15 is 0 Å². The first-order valence-electron chi connectivity index (χ1n) is 10.4. The third-order valence-corrected chi connectivity index (χ3v) is 6.33. The molecule has 0 bridgehead atoms. The second kappa shape index (κ2) is 10.7. The molecular weight excluding hydrogens is 518 g/mol. The highest BCUT2D eigenvalue weighted by Gasteiger charge is 2.34. The minimum Gasteiger partial charge on any atom is -0.492 e. The molecular formula is C26H20BrNO5S. The van der Waals surface area contributed by atoms with E-state index in [4.69, 9.17) is 9.47 Å². The molecule has 0 aromatic heterocycles. The fraction of sp³-hybridized carbons (Fsp3) is 0.115. The standard InChI is InChI=1S/C26H20BrNO5S/c1-17-5-9-21(10-6-17)32-14-13-28-24(29)23(34-26(28)31)15-18-7-11-22(12-8-18)33-25(30)19-3-2-4-20(27)16-19/h2-12,15-16H,13-14H2,1H3/b23-15-. The maximum atomic E-state index is 12.7. The zero-order valence-corrected chi connectivity index (χ0v) is 20.6. The van der Waals surface area contributed by atoms with Gasteiger partial charge in [-0.15, -0.1) is 0 Å². The van der Waals surface area contributed by atoms with E-state index in [-0.39, 0.29) is 24.3 Å². The first-order valence-corrected chi connectivity index (χ1v) is 12.0. The number of thioether (sulfide) groups is 1. The molecule has 1 saturated heterocycles. The van der Waals surface area contributed by atoms with Gasteiger partial charge in [-0.25, -0.2) is 4.79 Å². The molecule has 0 N–H and O–H groups in total. The van der Waals surface area contributed by atoms with Crippen LogP contribution in [0.15, 0.2) is 82.2 Å². The van der Waals surface area contributed by atoms with Gasteiger partial charge < -0.3 is 9.47 Å². The number of nitrogens with zero attached hydrogens (tertiary/aromatic N) is 1. The molecule has 0 aliphatic carbocycles. The number of carbonyl (C=O) groups is 3. The Balaban J connectivity index is 1.35. The Morgan fingerprint density at radius 2 is 1.71 bits per heavy atom. The highest BCUT2D eigenvalue weighted by molar-refractivity contribution is 9.10. The third kappa shape index (κ3) is 5.95. The second-order valence-corrected chi connectivity index (χ2v) is 9.37. The van der Waals surface area contributed by atoms with Gasteiger partial charge in [-0.3, -0.25) is 14.5 Å². The molecule has 1 heterocycles. The minimum atomic E-state index is -0.469. The van der Waals surface area contributed by atoms with Crippen LogP contribution in [0, 0.1) is 6.92 Å². The molecule has 1 fully saturated rings. The van der Waals surface area contributed by atoms with E-state index in [0.29, 0.717) is 27.5 Å². The lowest BCUT2D eigenvalue weighted by molar-refractivity contribution is -0.123. The van der Waals surface area contributed by atoms with E-state index in [2.05, 4.69) is 15.9 Å². The Bertz CT molecular complexity index is 1250. The number of imide groups is 1. The summed E-state index contributed by atoms with van der Waals surface area (Å²) in [4.78, 5) is 38.8. The zero-order valence-electron chi connectivity index (χ0n) is 18.2. The van der Waals surface area contributed by atoms with E-state index < -0.39 is 5.97 Å². The Morgan fingerprint density at radius 3 is 2.41 bits per heavy atom. The van der Waals surface area contributed by atoms with Gasteiger partial charge in [-0.1, -0.05) is 51.8 Å². The van der Waals surface area contributed by atoms with Crippen LogP contribution in [-0.2, 0) is 4.79 Å². The van der Waals surface area contributed by atoms with Crippen LogP contribution in [-0.4, -0.2) is 35.2 Å². The van der Waals surface area contributed by atoms with Crippen LogP contribution in [0.1, 0.15) is 21.5 Å². The molecule has 34 heavy (non-hydrogen) atoms. The summed E-state index contributed by atoms with van der Waals surface area (Å²) in [5, 5.41) is -0.330. The van der Waals surface area contributed by atoms with Crippen LogP contribution in [0.25, 0.3) is 6.08 Å². The topological polar surface area (TPSA) is 72.9 Å². The fourth-order valence-corrected chi connectivity index (χ4v) is 4.41. The molecule has 1 aliphatic rings. The van der Waals surface area contributed by atoms with Gasteiger partial charge in [0.05, 0.1) is 17.0 Å². The maximum absolute atomic E-state index is 12.7. The number of amides is 2. The van der Waals surface area contributed by atoms with Crippen molar-refractivity contribution in [3.8, 4) is 11.5 Å². The maximum Gasteiger partial charge on any atom is 0.343 e. The fourth-order valence-electron chi connectivity index (χ4n) is 3.15. The number of hydrogen-bond acceptors (Lipinski definition) is 6. The van der Waals surface area contributed by atoms with E-state index in [9.17, 15) is 14.4 Å². The van der Waals surface area contributed by atoms with Crippen LogP contribution in [0.3, 0.4) is 0 Å². The van der Waals surface area contributed by atoms with Gasteiger partial charge in [0, 0.05) is 4.47 Å². The molecule has 3 aromatic rings. The molecule has 2 amide bonds. The number of benzene rings is 3. The molecule has 6 nitrogen and oxygen atoms in total. The van der Waals surface area contributed by atoms with Gasteiger partial charge in [-0.2, -0.15) is 0 Å². The number of esters is 1. The highest BCUT2D eigenvalue weighted by Crippen LogP contribution is 2.32. The first-order chi connectivity index (χ1) is 16.4. The third-order valence-electron chi connectivity index (χ3n) is 4.93. The average molecular weight is 538 g/mol. The Kier molecular flexibility index (Phi) is 7.49. The predicted molar refractivity (Wildman–Crippen MR) is 135 cm³/mol. The van der Waals surface area contributed by atoms with Crippen molar-refractivity contribution in [2.24, 2.45) is 0 Å². The average Bonchev–Trinajstić information content (AvgIpc) is 3.09. The van der Waals surface area contributed by atoms with Gasteiger partial charge in [-0.05, 0) is 72.8 Å². The molecule has 0 atom stereocenters. The summed E-state index contributed by atoms with van der Waals surface area (Å²) in [6.07, 6.45) is 1.64. The molecule has 1 aliphatic heterocycles. The number of halogens is 1. The highest BCUT2D eigenvalue weighted by atomic mass is 79.9. The van der Waals surface area contributed by atoms with Crippen LogP contribution >= 0.6 is 27.7 Å². The Hall–Kier alpha value is -3.36. The van der Waals surface area contributed by atoms with Gasteiger partial charge in [0.15, 0.2) is 0 Å². The molecule has 172 valence electrons. The quantitative estimate of drug-likeness (QED) is 0.206. The molecule has 0 unspecified atom stereocenters. The zero-order chi connectivity index (χ0) is 24.1. The first kappa shape index (κ1) is 23.8. The number of ether oxygens (including phenoxy) is 2. The number of rotatable bonds is 7. The molecule has 0 radical (unpaired) electrons. The molecule has 4 rings (SSSR count). The van der Waals surface area contributed by atoms with Crippen molar-refractivity contribution in [1.29, 1.82) is 0 Å². The van der Waals surface area contributed by atoms with Gasteiger partial charge in [0.2, 0.25) is 0 Å². The van der Waals surface area contributed by atoms with Gasteiger partial charge >= 0.3 is 5.97 Å². The number of carbonyl (C=O) groups excluding carboxylic acids is 3.